The molecule has 2 rings (SSSR count). The van der Waals surface area contributed by atoms with E-state index in [4.69, 9.17) is 16.2 Å². The molecule has 8 nitrogen and oxygen atoms in total. The van der Waals surface area contributed by atoms with Gasteiger partial charge in [0.1, 0.15) is 5.69 Å². The minimum Gasteiger partial charge on any atom is -0.406 e. The monoisotopic (exact) mass is 328 g/mol. The summed E-state index contributed by atoms with van der Waals surface area (Å²) < 4.78 is 5.28. The number of rotatable bonds is 5. The Morgan fingerprint density at radius 2 is 1.79 bits per heavy atom. The van der Waals surface area contributed by atoms with Crippen molar-refractivity contribution >= 4 is 29.1 Å². The maximum atomic E-state index is 12.0. The summed E-state index contributed by atoms with van der Waals surface area (Å²) in [5.41, 5.74) is 12.5. The maximum Gasteiger partial charge on any atom is 0.415 e. The van der Waals surface area contributed by atoms with Crippen molar-refractivity contribution in [1.82, 2.24) is 9.88 Å². The van der Waals surface area contributed by atoms with E-state index in [0.29, 0.717) is 18.8 Å². The highest BCUT2D eigenvalue weighted by Gasteiger charge is 2.16. The third-order valence-corrected chi connectivity index (χ3v) is 3.27. The van der Waals surface area contributed by atoms with Crippen molar-refractivity contribution < 1.29 is 9.53 Å². The molecule has 0 aliphatic heterocycles. The molecular formula is C16H20N6O2. The number of nitrogens with two attached hydrogens (primary N) is 2. The van der Waals surface area contributed by atoms with Crippen molar-refractivity contribution in [1.29, 1.82) is 0 Å². The molecule has 0 aliphatic carbocycles. The molecule has 126 valence electrons. The van der Waals surface area contributed by atoms with Crippen LogP contribution in [0.1, 0.15) is 13.8 Å². The van der Waals surface area contributed by atoms with E-state index in [2.05, 4.69) is 15.2 Å². The summed E-state index contributed by atoms with van der Waals surface area (Å²) in [6.45, 7) is 4.76. The lowest BCUT2D eigenvalue weighted by Crippen LogP contribution is -2.33. The standard InChI is InChI=1S/C16H20N6O2/c1-3-22(4-2)16(23)24-13-10-12(14(17)19-15(13)18)21-20-11-8-6-5-7-9-11/h5-10H,3-4H2,1-2H3,(H4,17,18,19). The summed E-state index contributed by atoms with van der Waals surface area (Å²) in [7, 11) is 0. The van der Waals surface area contributed by atoms with Crippen LogP contribution in [-0.2, 0) is 0 Å². The van der Waals surface area contributed by atoms with Gasteiger partial charge in [-0.1, -0.05) is 18.2 Å². The zero-order chi connectivity index (χ0) is 17.5. The van der Waals surface area contributed by atoms with Crippen LogP contribution in [0.15, 0.2) is 46.6 Å². The first kappa shape index (κ1) is 17.2. The molecule has 2 aromatic rings. The van der Waals surface area contributed by atoms with Gasteiger partial charge < -0.3 is 21.1 Å². The molecule has 0 unspecified atom stereocenters. The minimum absolute atomic E-state index is 0.0201. The average molecular weight is 328 g/mol. The van der Waals surface area contributed by atoms with Crippen LogP contribution in [0.3, 0.4) is 0 Å². The van der Waals surface area contributed by atoms with E-state index >= 15 is 0 Å². The molecule has 0 atom stereocenters. The zero-order valence-corrected chi connectivity index (χ0v) is 13.6. The number of amides is 1. The fraction of sp³-hybridized carbons (Fsp3) is 0.250. The predicted molar refractivity (Wildman–Crippen MR) is 92.6 cm³/mol. The summed E-state index contributed by atoms with van der Waals surface area (Å²) in [6.07, 6.45) is -0.510. The Labute approximate surface area is 140 Å². The van der Waals surface area contributed by atoms with Crippen molar-refractivity contribution in [3.63, 3.8) is 0 Å². The minimum atomic E-state index is -0.510. The molecular weight excluding hydrogens is 308 g/mol. The molecule has 8 heteroatoms. The van der Waals surface area contributed by atoms with Gasteiger partial charge in [-0.15, -0.1) is 5.11 Å². The molecule has 4 N–H and O–H groups in total. The fourth-order valence-electron chi connectivity index (χ4n) is 1.92. The van der Waals surface area contributed by atoms with Crippen LogP contribution in [0.4, 0.5) is 27.8 Å². The van der Waals surface area contributed by atoms with E-state index in [1.54, 1.807) is 12.1 Å². The second-order valence-corrected chi connectivity index (χ2v) is 4.85. The van der Waals surface area contributed by atoms with Gasteiger partial charge in [0.05, 0.1) is 5.69 Å². The smallest absolute Gasteiger partial charge is 0.406 e. The van der Waals surface area contributed by atoms with Gasteiger partial charge in [-0.25, -0.2) is 9.78 Å². The first-order chi connectivity index (χ1) is 11.5. The Balaban J connectivity index is 2.25. The predicted octanol–water partition coefficient (Wildman–Crippen LogP) is 3.50. The number of carbonyl (C=O) groups is 1. The lowest BCUT2D eigenvalue weighted by atomic mass is 10.3. The van der Waals surface area contributed by atoms with Crippen LogP contribution in [-0.4, -0.2) is 29.1 Å². The Bertz CT molecular complexity index is 729. The molecule has 1 heterocycles. The van der Waals surface area contributed by atoms with Gasteiger partial charge in [-0.2, -0.15) is 5.11 Å². The first-order valence-electron chi connectivity index (χ1n) is 7.54. The van der Waals surface area contributed by atoms with Gasteiger partial charge in [0.25, 0.3) is 0 Å². The van der Waals surface area contributed by atoms with E-state index in [9.17, 15) is 4.79 Å². The summed E-state index contributed by atoms with van der Waals surface area (Å²) in [5.74, 6) is 0.226. The molecule has 24 heavy (non-hydrogen) atoms. The first-order valence-corrected chi connectivity index (χ1v) is 7.54. The summed E-state index contributed by atoms with van der Waals surface area (Å²) in [6, 6.07) is 10.6. The van der Waals surface area contributed by atoms with Crippen LogP contribution in [0.2, 0.25) is 0 Å². The Morgan fingerprint density at radius 3 is 2.42 bits per heavy atom. The molecule has 0 bridgehead atoms. The number of aromatic nitrogens is 1. The van der Waals surface area contributed by atoms with Gasteiger partial charge >= 0.3 is 6.09 Å². The number of hydrogen-bond acceptors (Lipinski definition) is 7. The van der Waals surface area contributed by atoms with E-state index in [1.165, 1.54) is 11.0 Å². The summed E-state index contributed by atoms with van der Waals surface area (Å²) in [4.78, 5) is 17.5. The van der Waals surface area contributed by atoms with Crippen LogP contribution in [0.5, 0.6) is 5.75 Å². The average Bonchev–Trinajstić information content (AvgIpc) is 2.58. The van der Waals surface area contributed by atoms with E-state index in [1.807, 2.05) is 32.0 Å². The number of nitrogen functional groups attached to an aromatic ring is 2. The van der Waals surface area contributed by atoms with Gasteiger partial charge in [0.2, 0.25) is 0 Å². The lowest BCUT2D eigenvalue weighted by Gasteiger charge is -2.18. The molecule has 1 amide bonds. The van der Waals surface area contributed by atoms with E-state index in [0.717, 1.165) is 0 Å². The molecule has 0 saturated carbocycles. The normalized spacial score (nSPS) is 10.8. The molecule has 0 saturated heterocycles. The Hall–Kier alpha value is -3.16. The highest BCUT2D eigenvalue weighted by Crippen LogP contribution is 2.31. The van der Waals surface area contributed by atoms with Crippen LogP contribution >= 0.6 is 0 Å². The van der Waals surface area contributed by atoms with E-state index < -0.39 is 6.09 Å². The number of anilines is 2. The second-order valence-electron chi connectivity index (χ2n) is 4.85. The number of pyridine rings is 1. The highest BCUT2D eigenvalue weighted by atomic mass is 16.6. The quantitative estimate of drug-likeness (QED) is 0.814. The molecule has 0 spiro atoms. The molecule has 1 aromatic heterocycles. The number of ether oxygens (including phenoxy) is 1. The Kier molecular flexibility index (Phi) is 5.67. The fourth-order valence-corrected chi connectivity index (χ4v) is 1.92. The Morgan fingerprint density at radius 1 is 1.12 bits per heavy atom. The maximum absolute atomic E-state index is 12.0. The highest BCUT2D eigenvalue weighted by molar-refractivity contribution is 5.75. The lowest BCUT2D eigenvalue weighted by molar-refractivity contribution is 0.157. The number of carbonyl (C=O) groups excluding carboxylic acids is 1. The molecule has 1 aromatic carbocycles. The number of nitrogens with zero attached hydrogens (tertiary/aromatic N) is 4. The second kappa shape index (κ2) is 7.91. The largest absolute Gasteiger partial charge is 0.415 e. The van der Waals surface area contributed by atoms with Crippen molar-refractivity contribution in [3.8, 4) is 5.75 Å². The number of benzene rings is 1. The van der Waals surface area contributed by atoms with Crippen molar-refractivity contribution in [2.24, 2.45) is 10.2 Å². The van der Waals surface area contributed by atoms with Crippen LogP contribution < -0.4 is 16.2 Å². The van der Waals surface area contributed by atoms with Crippen molar-refractivity contribution in [3.05, 3.63) is 36.4 Å². The van der Waals surface area contributed by atoms with Gasteiger partial charge in [-0.05, 0) is 26.0 Å². The summed E-state index contributed by atoms with van der Waals surface area (Å²) in [5, 5.41) is 8.12. The zero-order valence-electron chi connectivity index (χ0n) is 13.6. The van der Waals surface area contributed by atoms with Crippen LogP contribution in [0, 0.1) is 0 Å². The molecule has 0 aliphatic rings. The third kappa shape index (κ3) is 4.19. The molecule has 0 radical (unpaired) electrons. The van der Waals surface area contributed by atoms with Crippen molar-refractivity contribution in [2.45, 2.75) is 13.8 Å². The van der Waals surface area contributed by atoms with Gasteiger partial charge in [0.15, 0.2) is 17.4 Å². The third-order valence-electron chi connectivity index (χ3n) is 3.27. The summed E-state index contributed by atoms with van der Waals surface area (Å²) >= 11 is 0. The number of azo groups is 1. The topological polar surface area (TPSA) is 119 Å². The van der Waals surface area contributed by atoms with Gasteiger partial charge in [0, 0.05) is 19.2 Å². The van der Waals surface area contributed by atoms with Crippen molar-refractivity contribution in [2.75, 3.05) is 24.6 Å². The number of hydrogen-bond donors (Lipinski definition) is 2. The molecule has 0 fully saturated rings. The SMILES string of the molecule is CCN(CC)C(=O)Oc1cc(N=Nc2ccccc2)c(N)nc1N. The van der Waals surface area contributed by atoms with Gasteiger partial charge in [-0.3, -0.25) is 0 Å². The van der Waals surface area contributed by atoms with E-state index in [-0.39, 0.29) is 23.1 Å². The van der Waals surface area contributed by atoms with Crippen LogP contribution in [0.25, 0.3) is 0 Å².